The normalized spacial score (nSPS) is 24.2. The molecule has 1 fully saturated rings. The van der Waals surface area contributed by atoms with Crippen molar-refractivity contribution in [3.63, 3.8) is 0 Å². The van der Waals surface area contributed by atoms with Crippen molar-refractivity contribution in [1.29, 1.82) is 0 Å². The molecule has 104 valence electrons. The molecule has 3 unspecified atom stereocenters. The third kappa shape index (κ3) is 2.95. The van der Waals surface area contributed by atoms with Crippen LogP contribution in [0.1, 0.15) is 37.8 Å². The van der Waals surface area contributed by atoms with Crippen molar-refractivity contribution in [1.82, 2.24) is 4.90 Å². The molecule has 1 saturated carbocycles. The molecule has 0 radical (unpaired) electrons. The third-order valence-corrected chi connectivity index (χ3v) is 4.11. The summed E-state index contributed by atoms with van der Waals surface area (Å²) in [5, 5.41) is 0. The van der Waals surface area contributed by atoms with E-state index in [1.807, 2.05) is 6.92 Å². The molecule has 1 aromatic rings. The molecule has 0 aliphatic heterocycles. The van der Waals surface area contributed by atoms with Crippen LogP contribution >= 0.6 is 0 Å². The highest BCUT2D eigenvalue weighted by Gasteiger charge is 2.31. The summed E-state index contributed by atoms with van der Waals surface area (Å²) in [6.45, 7) is 1.85. The van der Waals surface area contributed by atoms with E-state index in [-0.39, 0.29) is 29.7 Å². The first kappa shape index (κ1) is 14.0. The lowest BCUT2D eigenvalue weighted by Gasteiger charge is -2.28. The van der Waals surface area contributed by atoms with E-state index in [2.05, 4.69) is 0 Å². The maximum Gasteiger partial charge on any atom is 0.225 e. The molecule has 4 heteroatoms. The van der Waals surface area contributed by atoms with E-state index in [9.17, 15) is 9.18 Å². The molecule has 3 nitrogen and oxygen atoms in total. The minimum absolute atomic E-state index is 0.00535. The molecule has 0 heterocycles. The third-order valence-electron chi connectivity index (χ3n) is 4.11. The number of hydrogen-bond donors (Lipinski definition) is 1. The van der Waals surface area contributed by atoms with Crippen molar-refractivity contribution in [3.05, 3.63) is 35.6 Å². The average molecular weight is 264 g/mol. The lowest BCUT2D eigenvalue weighted by Crippen LogP contribution is -2.35. The van der Waals surface area contributed by atoms with Gasteiger partial charge in [-0.3, -0.25) is 4.79 Å². The molecular formula is C15H21FN2O. The maximum absolute atomic E-state index is 13.7. The summed E-state index contributed by atoms with van der Waals surface area (Å²) in [6.07, 6.45) is 2.49. The van der Waals surface area contributed by atoms with Crippen molar-refractivity contribution in [2.24, 2.45) is 11.7 Å². The second kappa shape index (κ2) is 5.70. The van der Waals surface area contributed by atoms with Gasteiger partial charge in [-0.15, -0.1) is 0 Å². The van der Waals surface area contributed by atoms with Gasteiger partial charge in [0.15, 0.2) is 0 Å². The minimum Gasteiger partial charge on any atom is -0.339 e. The molecule has 0 saturated heterocycles. The van der Waals surface area contributed by atoms with Crippen LogP contribution in [0, 0.1) is 11.7 Å². The summed E-state index contributed by atoms with van der Waals surface area (Å²) in [7, 11) is 1.74. The summed E-state index contributed by atoms with van der Waals surface area (Å²) in [4.78, 5) is 14.0. The van der Waals surface area contributed by atoms with Crippen LogP contribution in [0.2, 0.25) is 0 Å². The molecule has 3 atom stereocenters. The van der Waals surface area contributed by atoms with Gasteiger partial charge in [-0.2, -0.15) is 0 Å². The van der Waals surface area contributed by atoms with Gasteiger partial charge in [-0.25, -0.2) is 4.39 Å². The zero-order valence-corrected chi connectivity index (χ0v) is 11.5. The SMILES string of the molecule is CC(c1ccccc1F)N(C)C(=O)C1CCC(N)C1. The topological polar surface area (TPSA) is 46.3 Å². The molecule has 19 heavy (non-hydrogen) atoms. The summed E-state index contributed by atoms with van der Waals surface area (Å²) < 4.78 is 13.7. The van der Waals surface area contributed by atoms with Crippen LogP contribution < -0.4 is 5.73 Å². The summed E-state index contributed by atoms with van der Waals surface area (Å²) in [6, 6.07) is 6.47. The Bertz CT molecular complexity index is 463. The van der Waals surface area contributed by atoms with E-state index in [1.54, 1.807) is 30.1 Å². The van der Waals surface area contributed by atoms with E-state index in [1.165, 1.54) is 6.07 Å². The van der Waals surface area contributed by atoms with Crippen LogP contribution in [-0.4, -0.2) is 23.9 Å². The number of carbonyl (C=O) groups is 1. The molecule has 2 rings (SSSR count). The molecule has 1 aliphatic rings. The average Bonchev–Trinajstić information content (AvgIpc) is 2.83. The molecule has 1 aliphatic carbocycles. The quantitative estimate of drug-likeness (QED) is 0.911. The van der Waals surface area contributed by atoms with E-state index in [4.69, 9.17) is 5.73 Å². The van der Waals surface area contributed by atoms with Gasteiger partial charge in [-0.1, -0.05) is 18.2 Å². The van der Waals surface area contributed by atoms with Gasteiger partial charge in [0.05, 0.1) is 6.04 Å². The molecule has 1 aromatic carbocycles. The van der Waals surface area contributed by atoms with Crippen molar-refractivity contribution in [2.75, 3.05) is 7.05 Å². The van der Waals surface area contributed by atoms with Gasteiger partial charge in [0.2, 0.25) is 5.91 Å². The highest BCUT2D eigenvalue weighted by Crippen LogP contribution is 2.29. The van der Waals surface area contributed by atoms with Crippen LogP contribution in [0.25, 0.3) is 0 Å². The zero-order valence-electron chi connectivity index (χ0n) is 11.5. The van der Waals surface area contributed by atoms with Crippen LogP contribution in [-0.2, 0) is 4.79 Å². The lowest BCUT2D eigenvalue weighted by molar-refractivity contribution is -0.136. The lowest BCUT2D eigenvalue weighted by atomic mass is 10.0. The standard InChI is InChI=1S/C15H21FN2O/c1-10(13-5-3-4-6-14(13)16)18(2)15(19)11-7-8-12(17)9-11/h3-6,10-12H,7-9,17H2,1-2H3. The van der Waals surface area contributed by atoms with Crippen LogP contribution in [0.3, 0.4) is 0 Å². The number of benzene rings is 1. The van der Waals surface area contributed by atoms with Crippen LogP contribution in [0.15, 0.2) is 24.3 Å². The van der Waals surface area contributed by atoms with Gasteiger partial charge in [0.1, 0.15) is 5.82 Å². The molecule has 0 spiro atoms. The summed E-state index contributed by atoms with van der Waals surface area (Å²) >= 11 is 0. The highest BCUT2D eigenvalue weighted by molar-refractivity contribution is 5.79. The smallest absolute Gasteiger partial charge is 0.225 e. The first-order chi connectivity index (χ1) is 9.00. The van der Waals surface area contributed by atoms with Crippen molar-refractivity contribution < 1.29 is 9.18 Å². The Labute approximate surface area is 113 Å². The summed E-state index contributed by atoms with van der Waals surface area (Å²) in [5.41, 5.74) is 6.40. The Morgan fingerprint density at radius 1 is 1.42 bits per heavy atom. The van der Waals surface area contributed by atoms with Crippen LogP contribution in [0.5, 0.6) is 0 Å². The number of halogens is 1. The highest BCUT2D eigenvalue weighted by atomic mass is 19.1. The monoisotopic (exact) mass is 264 g/mol. The number of amides is 1. The number of rotatable bonds is 3. The van der Waals surface area contributed by atoms with E-state index < -0.39 is 0 Å². The first-order valence-corrected chi connectivity index (χ1v) is 6.77. The number of nitrogens with zero attached hydrogens (tertiary/aromatic N) is 1. The van der Waals surface area contributed by atoms with Gasteiger partial charge in [0, 0.05) is 24.6 Å². The van der Waals surface area contributed by atoms with Gasteiger partial charge in [0.25, 0.3) is 0 Å². The molecule has 0 aromatic heterocycles. The van der Waals surface area contributed by atoms with E-state index in [0.29, 0.717) is 5.56 Å². The Morgan fingerprint density at radius 3 is 2.68 bits per heavy atom. The van der Waals surface area contributed by atoms with Gasteiger partial charge in [-0.05, 0) is 32.3 Å². The fraction of sp³-hybridized carbons (Fsp3) is 0.533. The van der Waals surface area contributed by atoms with E-state index in [0.717, 1.165) is 19.3 Å². The van der Waals surface area contributed by atoms with Crippen LogP contribution in [0.4, 0.5) is 4.39 Å². The second-order valence-corrected chi connectivity index (χ2v) is 5.42. The number of carbonyl (C=O) groups excluding carboxylic acids is 1. The fourth-order valence-corrected chi connectivity index (χ4v) is 2.74. The Balaban J connectivity index is 2.09. The molecule has 2 N–H and O–H groups in total. The summed E-state index contributed by atoms with van der Waals surface area (Å²) in [5.74, 6) is -0.198. The number of nitrogens with two attached hydrogens (primary N) is 1. The molecular weight excluding hydrogens is 243 g/mol. The zero-order chi connectivity index (χ0) is 14.0. The minimum atomic E-state index is -0.266. The fourth-order valence-electron chi connectivity index (χ4n) is 2.74. The Kier molecular flexibility index (Phi) is 4.20. The second-order valence-electron chi connectivity index (χ2n) is 5.42. The molecule has 1 amide bonds. The maximum atomic E-state index is 13.7. The van der Waals surface area contributed by atoms with Crippen molar-refractivity contribution in [2.45, 2.75) is 38.3 Å². The predicted molar refractivity (Wildman–Crippen MR) is 72.9 cm³/mol. The number of hydrogen-bond acceptors (Lipinski definition) is 2. The first-order valence-electron chi connectivity index (χ1n) is 6.77. The largest absolute Gasteiger partial charge is 0.339 e. The predicted octanol–water partition coefficient (Wildman–Crippen LogP) is 2.47. The van der Waals surface area contributed by atoms with Gasteiger partial charge < -0.3 is 10.6 Å². The molecule has 0 bridgehead atoms. The Morgan fingerprint density at radius 2 is 2.11 bits per heavy atom. The van der Waals surface area contributed by atoms with Crippen molar-refractivity contribution in [3.8, 4) is 0 Å². The van der Waals surface area contributed by atoms with Crippen molar-refractivity contribution >= 4 is 5.91 Å². The Hall–Kier alpha value is -1.42. The van der Waals surface area contributed by atoms with Gasteiger partial charge >= 0.3 is 0 Å². The van der Waals surface area contributed by atoms with E-state index >= 15 is 0 Å².